The predicted octanol–water partition coefficient (Wildman–Crippen LogP) is 3.03. The highest BCUT2D eigenvalue weighted by Crippen LogP contribution is 2.43. The summed E-state index contributed by atoms with van der Waals surface area (Å²) in [5.74, 6) is -0.175. The number of ether oxygens (including phenoxy) is 1. The van der Waals surface area contributed by atoms with E-state index in [0.717, 1.165) is 11.8 Å². The van der Waals surface area contributed by atoms with Crippen molar-refractivity contribution in [3.8, 4) is 11.5 Å². The number of imidazole rings is 1. The van der Waals surface area contributed by atoms with Crippen LogP contribution in [0.3, 0.4) is 0 Å². The standard InChI is InChI=1S/C17H16N5O6PS/c1-9-15-11(7-19-16(9)18-2)21-17(22-15)30-8-14(23)20-10-4-5-12(27-3)13(6-10)28-29(24,25)26/h4-7H,8H2,1,3H3,(H,20,23)(H,21,22)(H2,24,25,26). The van der Waals surface area contributed by atoms with Crippen LogP contribution in [-0.2, 0) is 9.36 Å². The molecule has 0 bridgehead atoms. The molecule has 0 saturated carbocycles. The number of thioether (sulfide) groups is 1. The van der Waals surface area contributed by atoms with Gasteiger partial charge >= 0.3 is 7.82 Å². The molecular formula is C17H16N5O6PS. The lowest BCUT2D eigenvalue weighted by atomic mass is 10.2. The van der Waals surface area contributed by atoms with Crippen LogP contribution in [0.5, 0.6) is 11.5 Å². The van der Waals surface area contributed by atoms with Crippen LogP contribution in [0.25, 0.3) is 15.9 Å². The molecule has 11 nitrogen and oxygen atoms in total. The number of methoxy groups -OCH3 is 1. The molecule has 2 aromatic heterocycles. The second-order valence-corrected chi connectivity index (χ2v) is 8.03. The Labute approximate surface area is 174 Å². The summed E-state index contributed by atoms with van der Waals surface area (Å²) in [7, 11) is -3.47. The third kappa shape index (κ3) is 5.08. The summed E-state index contributed by atoms with van der Waals surface area (Å²) in [6, 6.07) is 4.18. The van der Waals surface area contributed by atoms with Crippen molar-refractivity contribution in [2.45, 2.75) is 12.1 Å². The molecule has 156 valence electrons. The maximum Gasteiger partial charge on any atom is 0.524 e. The summed E-state index contributed by atoms with van der Waals surface area (Å²) in [5.41, 5.74) is 2.22. The van der Waals surface area contributed by atoms with Gasteiger partial charge in [0.1, 0.15) is 11.7 Å². The smallest absolute Gasteiger partial charge is 0.493 e. The molecule has 30 heavy (non-hydrogen) atoms. The van der Waals surface area contributed by atoms with Crippen LogP contribution in [-0.4, -0.2) is 43.5 Å². The predicted molar refractivity (Wildman–Crippen MR) is 110 cm³/mol. The van der Waals surface area contributed by atoms with Crippen LogP contribution in [0.2, 0.25) is 0 Å². The zero-order valence-corrected chi connectivity index (χ0v) is 17.5. The Kier molecular flexibility index (Phi) is 6.28. The molecule has 4 N–H and O–H groups in total. The second-order valence-electron chi connectivity index (χ2n) is 5.91. The molecule has 0 saturated heterocycles. The van der Waals surface area contributed by atoms with Crippen LogP contribution in [0, 0.1) is 13.5 Å². The topological polar surface area (TPSA) is 151 Å². The van der Waals surface area contributed by atoms with Gasteiger partial charge in [-0.05, 0) is 19.1 Å². The van der Waals surface area contributed by atoms with Crippen molar-refractivity contribution in [3.05, 3.63) is 41.4 Å². The minimum absolute atomic E-state index is 0.0166. The van der Waals surface area contributed by atoms with E-state index in [0.29, 0.717) is 21.8 Å². The molecule has 0 fully saturated rings. The molecule has 1 aromatic carbocycles. The Balaban J connectivity index is 1.68. The van der Waals surface area contributed by atoms with Gasteiger partial charge in [-0.2, -0.15) is 0 Å². The number of anilines is 1. The van der Waals surface area contributed by atoms with Gasteiger partial charge in [0.2, 0.25) is 5.91 Å². The maximum absolute atomic E-state index is 12.3. The van der Waals surface area contributed by atoms with E-state index in [4.69, 9.17) is 21.1 Å². The van der Waals surface area contributed by atoms with Crippen LogP contribution < -0.4 is 14.6 Å². The number of hydrogen-bond acceptors (Lipinski definition) is 7. The van der Waals surface area contributed by atoms with Gasteiger partial charge in [-0.1, -0.05) is 18.3 Å². The summed E-state index contributed by atoms with van der Waals surface area (Å²) in [4.78, 5) is 45.1. The molecule has 13 heteroatoms. The van der Waals surface area contributed by atoms with Crippen molar-refractivity contribution in [1.82, 2.24) is 15.0 Å². The summed E-state index contributed by atoms with van der Waals surface area (Å²) in [6.45, 7) is 8.86. The van der Waals surface area contributed by atoms with Crippen LogP contribution in [0.4, 0.5) is 11.5 Å². The molecule has 0 aliphatic carbocycles. The third-order valence-corrected chi connectivity index (χ3v) is 5.13. The van der Waals surface area contributed by atoms with Crippen LogP contribution >= 0.6 is 19.6 Å². The first-order chi connectivity index (χ1) is 14.2. The van der Waals surface area contributed by atoms with E-state index in [1.54, 1.807) is 6.92 Å². The molecule has 0 aliphatic heterocycles. The lowest BCUT2D eigenvalue weighted by Crippen LogP contribution is -2.14. The number of aromatic amines is 1. The van der Waals surface area contributed by atoms with Crippen molar-refractivity contribution in [2.75, 3.05) is 18.2 Å². The van der Waals surface area contributed by atoms with Gasteiger partial charge in [0.15, 0.2) is 16.7 Å². The van der Waals surface area contributed by atoms with Gasteiger partial charge in [-0.15, -0.1) is 4.98 Å². The van der Waals surface area contributed by atoms with Gasteiger partial charge < -0.3 is 24.4 Å². The molecule has 2 heterocycles. The van der Waals surface area contributed by atoms with E-state index in [1.807, 2.05) is 0 Å². The van der Waals surface area contributed by atoms with Crippen molar-refractivity contribution >= 4 is 48.0 Å². The molecular weight excluding hydrogens is 433 g/mol. The van der Waals surface area contributed by atoms with Gasteiger partial charge in [-0.3, -0.25) is 14.6 Å². The number of pyridine rings is 1. The Bertz CT molecular complexity index is 1200. The number of phosphoric ester groups is 1. The van der Waals surface area contributed by atoms with E-state index < -0.39 is 7.82 Å². The number of nitrogens with one attached hydrogen (secondary N) is 2. The number of carbonyl (C=O) groups excluding carboxylic acids is 1. The highest BCUT2D eigenvalue weighted by molar-refractivity contribution is 7.99. The molecule has 3 rings (SSSR count). The van der Waals surface area contributed by atoms with Crippen LogP contribution in [0.1, 0.15) is 5.56 Å². The average molecular weight is 449 g/mol. The monoisotopic (exact) mass is 449 g/mol. The maximum atomic E-state index is 12.3. The lowest BCUT2D eigenvalue weighted by Gasteiger charge is -2.13. The van der Waals surface area contributed by atoms with E-state index in [2.05, 4.69) is 29.6 Å². The summed E-state index contributed by atoms with van der Waals surface area (Å²) < 4.78 is 20.7. The van der Waals surface area contributed by atoms with Crippen molar-refractivity contribution < 1.29 is 28.4 Å². The van der Waals surface area contributed by atoms with E-state index in [9.17, 15) is 9.36 Å². The van der Waals surface area contributed by atoms with E-state index >= 15 is 0 Å². The average Bonchev–Trinajstić information content (AvgIpc) is 3.10. The fourth-order valence-electron chi connectivity index (χ4n) is 2.54. The van der Waals surface area contributed by atoms with Crippen molar-refractivity contribution in [1.29, 1.82) is 0 Å². The number of rotatable bonds is 7. The Morgan fingerprint density at radius 3 is 2.83 bits per heavy atom. The normalized spacial score (nSPS) is 11.2. The number of fused-ring (bicyclic) bond motifs is 1. The molecule has 0 aliphatic rings. The Morgan fingerprint density at radius 2 is 2.17 bits per heavy atom. The highest BCUT2D eigenvalue weighted by atomic mass is 32.2. The number of nitrogens with zero attached hydrogens (tertiary/aromatic N) is 3. The number of benzene rings is 1. The minimum atomic E-state index is -4.79. The quantitative estimate of drug-likeness (QED) is 0.242. The fraction of sp³-hybridized carbons (Fsp3) is 0.176. The number of aryl methyl sites for hydroxylation is 1. The Morgan fingerprint density at radius 1 is 1.40 bits per heavy atom. The Hall–Kier alpha value is -3.10. The molecule has 3 aromatic rings. The summed E-state index contributed by atoms with van der Waals surface area (Å²) >= 11 is 1.15. The van der Waals surface area contributed by atoms with Gasteiger partial charge in [0, 0.05) is 17.3 Å². The number of aromatic nitrogens is 3. The zero-order valence-electron chi connectivity index (χ0n) is 15.7. The largest absolute Gasteiger partial charge is 0.524 e. The first-order valence-electron chi connectivity index (χ1n) is 8.29. The summed E-state index contributed by atoms with van der Waals surface area (Å²) in [5, 5.41) is 3.10. The number of hydrogen-bond donors (Lipinski definition) is 4. The number of carbonyl (C=O) groups is 1. The molecule has 0 atom stereocenters. The van der Waals surface area contributed by atoms with E-state index in [1.165, 1.54) is 31.5 Å². The first kappa shape index (κ1) is 21.6. The van der Waals surface area contributed by atoms with Crippen molar-refractivity contribution in [3.63, 3.8) is 0 Å². The summed E-state index contributed by atoms with van der Waals surface area (Å²) in [6.07, 6.45) is 1.52. The SMILES string of the molecule is [C-]#[N+]c1ncc2[nH]c(SCC(=O)Nc3ccc(OC)c(OP(=O)(O)O)c3)nc2c1C. The molecule has 1 amide bonds. The van der Waals surface area contributed by atoms with Gasteiger partial charge in [0.05, 0.1) is 18.4 Å². The minimum Gasteiger partial charge on any atom is -0.493 e. The van der Waals surface area contributed by atoms with E-state index in [-0.39, 0.29) is 34.7 Å². The lowest BCUT2D eigenvalue weighted by molar-refractivity contribution is -0.113. The second kappa shape index (κ2) is 8.73. The number of amides is 1. The fourth-order valence-corrected chi connectivity index (χ4v) is 3.61. The highest BCUT2D eigenvalue weighted by Gasteiger charge is 2.20. The van der Waals surface area contributed by atoms with Gasteiger partial charge in [0.25, 0.3) is 5.82 Å². The molecule has 0 spiro atoms. The molecule has 0 radical (unpaired) electrons. The number of H-pyrrole nitrogens is 1. The first-order valence-corrected chi connectivity index (χ1v) is 10.8. The number of phosphoric acid groups is 1. The van der Waals surface area contributed by atoms with Gasteiger partial charge in [-0.25, -0.2) is 9.55 Å². The third-order valence-electron chi connectivity index (χ3n) is 3.83. The zero-order chi connectivity index (χ0) is 21.9. The van der Waals surface area contributed by atoms with Crippen molar-refractivity contribution in [2.24, 2.45) is 0 Å². The molecule has 0 unspecified atom stereocenters. The van der Waals surface area contributed by atoms with Crippen LogP contribution in [0.15, 0.2) is 29.6 Å².